The summed E-state index contributed by atoms with van der Waals surface area (Å²) in [6, 6.07) is 8.32. The molecule has 3 aromatic rings. The molecule has 0 saturated heterocycles. The molecule has 0 atom stereocenters. The zero-order valence-corrected chi connectivity index (χ0v) is 14.6. The van der Waals surface area contributed by atoms with Crippen LogP contribution in [0.3, 0.4) is 0 Å². The number of fused-ring (bicyclic) bond motifs is 1. The van der Waals surface area contributed by atoms with Gasteiger partial charge in [0, 0.05) is 18.9 Å². The second-order valence-electron chi connectivity index (χ2n) is 6.50. The first kappa shape index (κ1) is 16.1. The summed E-state index contributed by atoms with van der Waals surface area (Å²) < 4.78 is 28.1. The van der Waals surface area contributed by atoms with Crippen molar-refractivity contribution in [2.24, 2.45) is 5.92 Å². The van der Waals surface area contributed by atoms with E-state index in [9.17, 15) is 8.42 Å². The summed E-state index contributed by atoms with van der Waals surface area (Å²) >= 11 is 0. The zero-order chi connectivity index (χ0) is 17.4. The Morgan fingerprint density at radius 1 is 1.12 bits per heavy atom. The lowest BCUT2D eigenvalue weighted by Crippen LogP contribution is -2.15. The fourth-order valence-electron chi connectivity index (χ4n) is 3.35. The minimum atomic E-state index is -3.75. The Balaban J connectivity index is 1.85. The molecule has 2 aromatic heterocycles. The molecule has 1 aliphatic rings. The van der Waals surface area contributed by atoms with Crippen molar-refractivity contribution in [1.29, 1.82) is 0 Å². The summed E-state index contributed by atoms with van der Waals surface area (Å²) in [6.07, 6.45) is 7.80. The number of nitrogen functional groups attached to an aromatic ring is 1. The fraction of sp³-hybridized carbons (Fsp3) is 0.333. The van der Waals surface area contributed by atoms with Gasteiger partial charge in [-0.15, -0.1) is 0 Å². The van der Waals surface area contributed by atoms with Crippen LogP contribution in [-0.2, 0) is 16.4 Å². The number of sulfone groups is 1. The van der Waals surface area contributed by atoms with Crippen molar-refractivity contribution in [3.8, 4) is 0 Å². The van der Waals surface area contributed by atoms with Crippen LogP contribution in [-0.4, -0.2) is 23.0 Å². The predicted molar refractivity (Wildman–Crippen MR) is 95.8 cm³/mol. The molecule has 4 rings (SSSR count). The lowest BCUT2D eigenvalue weighted by Gasteiger charge is -2.25. The summed E-state index contributed by atoms with van der Waals surface area (Å²) in [5, 5.41) is 0. The van der Waals surface area contributed by atoms with E-state index in [-0.39, 0.29) is 15.6 Å². The lowest BCUT2D eigenvalue weighted by atomic mass is 9.83. The molecule has 2 heterocycles. The second kappa shape index (κ2) is 6.15. The third-order valence-electron chi connectivity index (χ3n) is 4.98. The Morgan fingerprint density at radius 2 is 1.84 bits per heavy atom. The Hall–Kier alpha value is -2.41. The number of hydrogen-bond acceptors (Lipinski definition) is 5. The molecule has 2 N–H and O–H groups in total. The SMILES string of the molecule is Nc1c(S(=O)(=O)c2ccccc2)c2nccnc2n1CCC1CCC1. The van der Waals surface area contributed by atoms with Gasteiger partial charge in [0.15, 0.2) is 5.65 Å². The highest BCUT2D eigenvalue weighted by Crippen LogP contribution is 2.35. The first-order chi connectivity index (χ1) is 12.1. The maximum atomic E-state index is 13.1. The van der Waals surface area contributed by atoms with Gasteiger partial charge in [-0.25, -0.2) is 18.4 Å². The van der Waals surface area contributed by atoms with Gasteiger partial charge in [0.05, 0.1) is 4.90 Å². The molecular weight excluding hydrogens is 336 g/mol. The highest BCUT2D eigenvalue weighted by molar-refractivity contribution is 7.92. The van der Waals surface area contributed by atoms with Crippen LogP contribution in [0.2, 0.25) is 0 Å². The van der Waals surface area contributed by atoms with Crippen LogP contribution >= 0.6 is 0 Å². The standard InChI is InChI=1S/C18H20N4O2S/c19-17-16(25(23,24)14-7-2-1-3-8-14)15-18(21-11-10-20-15)22(17)12-9-13-5-4-6-13/h1-3,7-8,10-11,13H,4-6,9,12,19H2. The van der Waals surface area contributed by atoms with Gasteiger partial charge in [-0.2, -0.15) is 0 Å². The molecule has 1 saturated carbocycles. The molecule has 7 heteroatoms. The number of aromatic nitrogens is 3. The van der Waals surface area contributed by atoms with Crippen molar-refractivity contribution in [2.45, 2.75) is 42.0 Å². The van der Waals surface area contributed by atoms with E-state index in [1.807, 2.05) is 0 Å². The van der Waals surface area contributed by atoms with Crippen molar-refractivity contribution in [3.05, 3.63) is 42.7 Å². The third-order valence-corrected chi connectivity index (χ3v) is 6.81. The van der Waals surface area contributed by atoms with Gasteiger partial charge in [0.1, 0.15) is 16.2 Å². The van der Waals surface area contributed by atoms with Crippen LogP contribution in [0.25, 0.3) is 11.2 Å². The Bertz CT molecular complexity index is 1010. The molecule has 6 nitrogen and oxygen atoms in total. The minimum absolute atomic E-state index is 0.0652. The van der Waals surface area contributed by atoms with E-state index in [4.69, 9.17) is 5.73 Å². The number of benzene rings is 1. The molecule has 130 valence electrons. The molecule has 0 spiro atoms. The van der Waals surface area contributed by atoms with Crippen molar-refractivity contribution in [1.82, 2.24) is 14.5 Å². The summed E-state index contributed by atoms with van der Waals surface area (Å²) in [7, 11) is -3.75. The van der Waals surface area contributed by atoms with E-state index in [0.717, 1.165) is 6.42 Å². The van der Waals surface area contributed by atoms with Crippen LogP contribution in [0.5, 0.6) is 0 Å². The van der Waals surface area contributed by atoms with E-state index in [1.165, 1.54) is 25.5 Å². The molecule has 0 bridgehead atoms. The molecule has 25 heavy (non-hydrogen) atoms. The molecule has 1 fully saturated rings. The molecule has 1 aromatic carbocycles. The summed E-state index contributed by atoms with van der Waals surface area (Å²) in [5.74, 6) is 0.923. The minimum Gasteiger partial charge on any atom is -0.384 e. The molecule has 0 aliphatic heterocycles. The number of nitrogens with zero attached hydrogens (tertiary/aromatic N) is 3. The van der Waals surface area contributed by atoms with E-state index in [1.54, 1.807) is 41.1 Å². The Labute approximate surface area is 146 Å². The molecular formula is C18H20N4O2S. The second-order valence-corrected chi connectivity index (χ2v) is 8.38. The number of rotatable bonds is 5. The molecule has 0 radical (unpaired) electrons. The van der Waals surface area contributed by atoms with Gasteiger partial charge in [0.2, 0.25) is 9.84 Å². The van der Waals surface area contributed by atoms with Crippen LogP contribution in [0.1, 0.15) is 25.7 Å². The van der Waals surface area contributed by atoms with Crippen molar-refractivity contribution < 1.29 is 8.42 Å². The van der Waals surface area contributed by atoms with E-state index >= 15 is 0 Å². The maximum Gasteiger partial charge on any atom is 0.212 e. The van der Waals surface area contributed by atoms with Crippen LogP contribution in [0, 0.1) is 5.92 Å². The predicted octanol–water partition coefficient (Wildman–Crippen LogP) is 3.04. The van der Waals surface area contributed by atoms with Gasteiger partial charge in [-0.1, -0.05) is 37.5 Å². The summed E-state index contributed by atoms with van der Waals surface area (Å²) in [6.45, 7) is 0.663. The van der Waals surface area contributed by atoms with Crippen LogP contribution < -0.4 is 5.73 Å². The first-order valence-electron chi connectivity index (χ1n) is 8.48. The van der Waals surface area contributed by atoms with Crippen molar-refractivity contribution in [2.75, 3.05) is 5.73 Å². The average molecular weight is 356 g/mol. The Morgan fingerprint density at radius 3 is 2.52 bits per heavy atom. The Kier molecular flexibility index (Phi) is 3.95. The smallest absolute Gasteiger partial charge is 0.212 e. The largest absolute Gasteiger partial charge is 0.384 e. The van der Waals surface area contributed by atoms with E-state index < -0.39 is 9.84 Å². The molecule has 0 amide bonds. The van der Waals surface area contributed by atoms with Crippen LogP contribution in [0.4, 0.5) is 5.82 Å². The molecule has 0 unspecified atom stereocenters. The summed E-state index contributed by atoms with van der Waals surface area (Å²) in [5.41, 5.74) is 7.17. The van der Waals surface area contributed by atoms with Gasteiger partial charge in [0.25, 0.3) is 0 Å². The first-order valence-corrected chi connectivity index (χ1v) is 9.96. The van der Waals surface area contributed by atoms with Crippen molar-refractivity contribution >= 4 is 26.8 Å². The van der Waals surface area contributed by atoms with Gasteiger partial charge < -0.3 is 10.3 Å². The monoisotopic (exact) mass is 356 g/mol. The highest BCUT2D eigenvalue weighted by Gasteiger charge is 2.29. The number of aryl methyl sites for hydroxylation is 1. The number of hydrogen-bond donors (Lipinski definition) is 1. The lowest BCUT2D eigenvalue weighted by molar-refractivity contribution is 0.284. The topological polar surface area (TPSA) is 90.9 Å². The van der Waals surface area contributed by atoms with Gasteiger partial charge in [-0.05, 0) is 24.5 Å². The normalized spacial score (nSPS) is 15.4. The maximum absolute atomic E-state index is 13.1. The van der Waals surface area contributed by atoms with Crippen molar-refractivity contribution in [3.63, 3.8) is 0 Å². The number of nitrogens with two attached hydrogens (primary N) is 1. The fourth-order valence-corrected chi connectivity index (χ4v) is 4.88. The van der Waals surface area contributed by atoms with Crippen LogP contribution in [0.15, 0.2) is 52.5 Å². The number of anilines is 1. The van der Waals surface area contributed by atoms with E-state index in [0.29, 0.717) is 23.6 Å². The third kappa shape index (κ3) is 2.68. The average Bonchev–Trinajstić information content (AvgIpc) is 2.87. The quantitative estimate of drug-likeness (QED) is 0.759. The van der Waals surface area contributed by atoms with E-state index in [2.05, 4.69) is 9.97 Å². The van der Waals surface area contributed by atoms with Gasteiger partial charge in [-0.3, -0.25) is 0 Å². The summed E-state index contributed by atoms with van der Waals surface area (Å²) in [4.78, 5) is 8.90. The molecule has 1 aliphatic carbocycles. The van der Waals surface area contributed by atoms with Gasteiger partial charge >= 0.3 is 0 Å². The highest BCUT2D eigenvalue weighted by atomic mass is 32.2. The zero-order valence-electron chi connectivity index (χ0n) is 13.8.